The SMILES string of the molecule is C=CCc1s[c]nc1C(=O)O. The molecule has 1 aromatic rings. The lowest BCUT2D eigenvalue weighted by Crippen LogP contribution is -1.99. The molecule has 1 heterocycles. The summed E-state index contributed by atoms with van der Waals surface area (Å²) in [5.41, 5.74) is 2.62. The Labute approximate surface area is 68.0 Å². The first-order valence-electron chi connectivity index (χ1n) is 2.95. The van der Waals surface area contributed by atoms with Crippen LogP contribution in [0.4, 0.5) is 0 Å². The van der Waals surface area contributed by atoms with Crippen LogP contribution in [0.15, 0.2) is 12.7 Å². The molecule has 11 heavy (non-hydrogen) atoms. The van der Waals surface area contributed by atoms with Gasteiger partial charge in [0.1, 0.15) is 0 Å². The van der Waals surface area contributed by atoms with Crippen molar-refractivity contribution in [3.8, 4) is 0 Å². The predicted octanol–water partition coefficient (Wildman–Crippen LogP) is 1.37. The highest BCUT2D eigenvalue weighted by atomic mass is 32.1. The summed E-state index contributed by atoms with van der Waals surface area (Å²) in [7, 11) is 0. The quantitative estimate of drug-likeness (QED) is 0.693. The van der Waals surface area contributed by atoms with E-state index in [1.165, 1.54) is 11.3 Å². The molecule has 0 aliphatic rings. The van der Waals surface area contributed by atoms with Crippen molar-refractivity contribution >= 4 is 17.3 Å². The molecular weight excluding hydrogens is 162 g/mol. The Kier molecular flexibility index (Phi) is 2.38. The fourth-order valence-corrected chi connectivity index (χ4v) is 1.35. The Morgan fingerprint density at radius 3 is 3.18 bits per heavy atom. The van der Waals surface area contributed by atoms with Gasteiger partial charge in [-0.15, -0.1) is 17.9 Å². The Morgan fingerprint density at radius 1 is 1.91 bits per heavy atom. The second-order valence-electron chi connectivity index (χ2n) is 1.87. The summed E-state index contributed by atoms with van der Waals surface area (Å²) in [5.74, 6) is -1.00. The lowest BCUT2D eigenvalue weighted by atomic mass is 10.3. The minimum atomic E-state index is -1.00. The summed E-state index contributed by atoms with van der Waals surface area (Å²) in [6.45, 7) is 3.51. The molecule has 0 fully saturated rings. The lowest BCUT2D eigenvalue weighted by molar-refractivity contribution is 0.0690. The van der Waals surface area contributed by atoms with Crippen LogP contribution in [0.3, 0.4) is 0 Å². The highest BCUT2D eigenvalue weighted by Gasteiger charge is 2.11. The summed E-state index contributed by atoms with van der Waals surface area (Å²) < 4.78 is 0. The van der Waals surface area contributed by atoms with Crippen molar-refractivity contribution in [3.63, 3.8) is 0 Å². The molecule has 57 valence electrons. The molecule has 0 atom stereocenters. The normalized spacial score (nSPS) is 9.45. The smallest absolute Gasteiger partial charge is 0.355 e. The van der Waals surface area contributed by atoms with Crippen molar-refractivity contribution in [2.75, 3.05) is 0 Å². The first kappa shape index (κ1) is 7.94. The zero-order chi connectivity index (χ0) is 8.27. The van der Waals surface area contributed by atoms with Crippen LogP contribution in [0.25, 0.3) is 0 Å². The van der Waals surface area contributed by atoms with Crippen LogP contribution >= 0.6 is 11.3 Å². The number of thiazole rings is 1. The van der Waals surface area contributed by atoms with Gasteiger partial charge in [-0.2, -0.15) is 0 Å². The van der Waals surface area contributed by atoms with Gasteiger partial charge < -0.3 is 5.11 Å². The third-order valence-corrected chi connectivity index (χ3v) is 1.91. The largest absolute Gasteiger partial charge is 0.476 e. The van der Waals surface area contributed by atoms with Gasteiger partial charge in [-0.05, 0) is 0 Å². The van der Waals surface area contributed by atoms with E-state index in [4.69, 9.17) is 5.11 Å². The molecule has 1 rings (SSSR count). The van der Waals surface area contributed by atoms with E-state index >= 15 is 0 Å². The summed E-state index contributed by atoms with van der Waals surface area (Å²) in [6, 6.07) is 0. The van der Waals surface area contributed by atoms with E-state index in [0.29, 0.717) is 11.3 Å². The fraction of sp³-hybridized carbons (Fsp3) is 0.143. The molecule has 0 aromatic carbocycles. The van der Waals surface area contributed by atoms with Crippen LogP contribution in [0.5, 0.6) is 0 Å². The highest BCUT2D eigenvalue weighted by molar-refractivity contribution is 7.09. The van der Waals surface area contributed by atoms with Crippen LogP contribution in [-0.2, 0) is 6.42 Å². The van der Waals surface area contributed by atoms with Gasteiger partial charge in [0.25, 0.3) is 0 Å². The highest BCUT2D eigenvalue weighted by Crippen LogP contribution is 2.13. The van der Waals surface area contributed by atoms with E-state index in [-0.39, 0.29) is 5.69 Å². The first-order chi connectivity index (χ1) is 5.25. The predicted molar refractivity (Wildman–Crippen MR) is 41.8 cm³/mol. The van der Waals surface area contributed by atoms with Crippen LogP contribution in [0.2, 0.25) is 0 Å². The molecule has 4 heteroatoms. The van der Waals surface area contributed by atoms with Gasteiger partial charge in [0.2, 0.25) is 0 Å². The third-order valence-electron chi connectivity index (χ3n) is 1.12. The number of aromatic carboxylic acids is 1. The molecule has 0 aliphatic carbocycles. The Morgan fingerprint density at radius 2 is 2.64 bits per heavy atom. The average molecular weight is 168 g/mol. The second-order valence-corrected chi connectivity index (χ2v) is 2.75. The van der Waals surface area contributed by atoms with E-state index in [1.54, 1.807) is 6.08 Å². The number of carboxylic acid groups (broad SMARTS) is 1. The maximum atomic E-state index is 10.4. The lowest BCUT2D eigenvalue weighted by Gasteiger charge is -1.90. The van der Waals surface area contributed by atoms with Crippen molar-refractivity contribution < 1.29 is 9.90 Å². The number of hydrogen-bond donors (Lipinski definition) is 1. The molecule has 1 N–H and O–H groups in total. The third kappa shape index (κ3) is 1.65. The summed E-state index contributed by atoms with van der Waals surface area (Å²) in [6.07, 6.45) is 2.19. The standard InChI is InChI=1S/C7H6NO2S/c1-2-3-5-6(7(9)10)8-4-11-5/h2H,1,3H2,(H,9,10). The van der Waals surface area contributed by atoms with Crippen molar-refractivity contribution in [1.29, 1.82) is 0 Å². The molecule has 0 amide bonds. The van der Waals surface area contributed by atoms with Gasteiger partial charge in [0.05, 0.1) is 0 Å². The van der Waals surface area contributed by atoms with E-state index in [2.05, 4.69) is 17.1 Å². The zero-order valence-electron chi connectivity index (χ0n) is 5.70. The van der Waals surface area contributed by atoms with E-state index in [0.717, 1.165) is 0 Å². The van der Waals surface area contributed by atoms with Gasteiger partial charge in [0.15, 0.2) is 11.2 Å². The van der Waals surface area contributed by atoms with E-state index < -0.39 is 5.97 Å². The van der Waals surface area contributed by atoms with Crippen molar-refractivity contribution in [1.82, 2.24) is 4.98 Å². The van der Waals surface area contributed by atoms with Crippen molar-refractivity contribution in [2.24, 2.45) is 0 Å². The topological polar surface area (TPSA) is 50.2 Å². The van der Waals surface area contributed by atoms with E-state index in [1.807, 2.05) is 0 Å². The van der Waals surface area contributed by atoms with Crippen molar-refractivity contribution in [3.05, 3.63) is 28.7 Å². The maximum absolute atomic E-state index is 10.4. The number of carbonyl (C=O) groups is 1. The van der Waals surface area contributed by atoms with Crippen LogP contribution in [0.1, 0.15) is 15.4 Å². The molecule has 1 aromatic heterocycles. The molecule has 0 saturated heterocycles. The molecule has 0 unspecified atom stereocenters. The van der Waals surface area contributed by atoms with Gasteiger partial charge in [0, 0.05) is 11.3 Å². The molecule has 3 nitrogen and oxygen atoms in total. The number of nitrogens with zero attached hydrogens (tertiary/aromatic N) is 1. The minimum Gasteiger partial charge on any atom is -0.476 e. The number of rotatable bonds is 3. The molecule has 0 bridgehead atoms. The Bertz CT molecular complexity index is 280. The van der Waals surface area contributed by atoms with Gasteiger partial charge in [-0.25, -0.2) is 9.78 Å². The summed E-state index contributed by atoms with van der Waals surface area (Å²) in [5, 5.41) is 8.57. The summed E-state index contributed by atoms with van der Waals surface area (Å²) in [4.78, 5) is 14.7. The van der Waals surface area contributed by atoms with Crippen molar-refractivity contribution in [2.45, 2.75) is 6.42 Å². The first-order valence-corrected chi connectivity index (χ1v) is 3.77. The maximum Gasteiger partial charge on any atom is 0.355 e. The molecule has 1 radical (unpaired) electrons. The van der Waals surface area contributed by atoms with Crippen LogP contribution in [0, 0.1) is 5.51 Å². The molecule has 0 saturated carbocycles. The van der Waals surface area contributed by atoms with Gasteiger partial charge >= 0.3 is 5.97 Å². The number of aromatic nitrogens is 1. The molecule has 0 aliphatic heterocycles. The Hall–Kier alpha value is -1.16. The molecular formula is C7H6NO2S. The monoisotopic (exact) mass is 168 g/mol. The fourth-order valence-electron chi connectivity index (χ4n) is 0.671. The average Bonchev–Trinajstić information content (AvgIpc) is 2.36. The minimum absolute atomic E-state index is 0.0925. The number of hydrogen-bond acceptors (Lipinski definition) is 3. The zero-order valence-corrected chi connectivity index (χ0v) is 6.52. The second kappa shape index (κ2) is 3.30. The van der Waals surface area contributed by atoms with Gasteiger partial charge in [-0.3, -0.25) is 0 Å². The molecule has 0 spiro atoms. The number of carboxylic acids is 1. The number of allylic oxidation sites excluding steroid dienone is 1. The van der Waals surface area contributed by atoms with E-state index in [9.17, 15) is 4.79 Å². The Balaban J connectivity index is 2.95. The van der Waals surface area contributed by atoms with Crippen LogP contribution in [-0.4, -0.2) is 16.1 Å². The summed E-state index contributed by atoms with van der Waals surface area (Å²) >= 11 is 1.21. The van der Waals surface area contributed by atoms with Crippen LogP contribution < -0.4 is 0 Å². The van der Waals surface area contributed by atoms with Gasteiger partial charge in [-0.1, -0.05) is 6.08 Å².